The van der Waals surface area contributed by atoms with E-state index in [1.165, 1.54) is 94.3 Å². The number of hydrogen-bond acceptors (Lipinski definition) is 1. The van der Waals surface area contributed by atoms with Crippen LogP contribution < -0.4 is 4.90 Å². The fraction of sp³-hybridized carbons (Fsp3) is 0.0847. The van der Waals surface area contributed by atoms with Crippen molar-refractivity contribution in [3.63, 3.8) is 0 Å². The zero-order valence-electron chi connectivity index (χ0n) is 35.0. The first-order valence-corrected chi connectivity index (χ1v) is 21.3. The lowest BCUT2D eigenvalue weighted by Crippen LogP contribution is -2.16. The summed E-state index contributed by atoms with van der Waals surface area (Å²) in [6.07, 6.45) is 0. The summed E-state index contributed by atoms with van der Waals surface area (Å²) >= 11 is 0. The van der Waals surface area contributed by atoms with Gasteiger partial charge in [-0.05, 0) is 147 Å². The monoisotopic (exact) mass is 782 g/mol. The molecular weight excluding hydrogens is 737 g/mol. The van der Waals surface area contributed by atoms with Gasteiger partial charge in [0.2, 0.25) is 0 Å². The average Bonchev–Trinajstić information content (AvgIpc) is 3.75. The van der Waals surface area contributed by atoms with Crippen molar-refractivity contribution >= 4 is 38.9 Å². The Bertz CT molecular complexity index is 3280. The molecule has 0 saturated carbocycles. The third-order valence-electron chi connectivity index (χ3n) is 13.1. The predicted octanol–water partition coefficient (Wildman–Crippen LogP) is 16.2. The third-order valence-corrected chi connectivity index (χ3v) is 13.1. The largest absolute Gasteiger partial charge is 0.310 e. The molecule has 61 heavy (non-hydrogen) atoms. The van der Waals surface area contributed by atoms with E-state index in [9.17, 15) is 0 Å². The molecule has 9 aromatic carbocycles. The van der Waals surface area contributed by atoms with Crippen molar-refractivity contribution in [2.24, 2.45) is 0 Å². The van der Waals surface area contributed by atoms with Gasteiger partial charge < -0.3 is 9.47 Å². The molecule has 0 fully saturated rings. The van der Waals surface area contributed by atoms with Crippen molar-refractivity contribution in [3.8, 4) is 50.2 Å². The van der Waals surface area contributed by atoms with E-state index in [4.69, 9.17) is 0 Å². The minimum absolute atomic E-state index is 0.0962. The summed E-state index contributed by atoms with van der Waals surface area (Å²) in [5.74, 6) is 0. The molecular formula is C59H46N2. The van der Waals surface area contributed by atoms with Crippen LogP contribution in [0, 0.1) is 13.8 Å². The first kappa shape index (κ1) is 36.6. The van der Waals surface area contributed by atoms with Crippen molar-refractivity contribution < 1.29 is 0 Å². The molecule has 10 aromatic rings. The lowest BCUT2D eigenvalue weighted by molar-refractivity contribution is 0.660. The maximum Gasteiger partial charge on any atom is 0.0541 e. The zero-order valence-corrected chi connectivity index (χ0v) is 35.0. The first-order valence-electron chi connectivity index (χ1n) is 21.3. The van der Waals surface area contributed by atoms with Gasteiger partial charge in [-0.3, -0.25) is 0 Å². The second-order valence-corrected chi connectivity index (χ2v) is 17.1. The van der Waals surface area contributed by atoms with Gasteiger partial charge in [0, 0.05) is 38.9 Å². The van der Waals surface area contributed by atoms with Crippen LogP contribution in [0.4, 0.5) is 17.1 Å². The van der Waals surface area contributed by atoms with Crippen molar-refractivity contribution in [1.82, 2.24) is 4.57 Å². The molecule has 0 saturated heterocycles. The van der Waals surface area contributed by atoms with Crippen molar-refractivity contribution in [2.75, 3.05) is 4.90 Å². The summed E-state index contributed by atoms with van der Waals surface area (Å²) in [6, 6.07) is 75.9. The molecule has 0 amide bonds. The molecule has 0 aliphatic heterocycles. The summed E-state index contributed by atoms with van der Waals surface area (Å²) in [5, 5.41) is 2.53. The van der Waals surface area contributed by atoms with Crippen LogP contribution in [0.1, 0.15) is 36.1 Å². The number of fused-ring (bicyclic) bond motifs is 6. The number of rotatable bonds is 7. The quantitative estimate of drug-likeness (QED) is 0.156. The smallest absolute Gasteiger partial charge is 0.0541 e. The Kier molecular flexibility index (Phi) is 8.65. The second kappa shape index (κ2) is 14.4. The van der Waals surface area contributed by atoms with Crippen LogP contribution in [0.15, 0.2) is 206 Å². The Morgan fingerprint density at radius 3 is 1.62 bits per heavy atom. The van der Waals surface area contributed by atoms with Crippen LogP contribution in [-0.4, -0.2) is 4.57 Å². The predicted molar refractivity (Wildman–Crippen MR) is 259 cm³/mol. The maximum absolute atomic E-state index is 2.42. The fourth-order valence-corrected chi connectivity index (χ4v) is 9.91. The SMILES string of the molecule is Cc1ccccc1-c1ccc(N(c2ccc(-c3ccc(-c4ccc5c(c4)c4ccccc4n5-c4ccccc4)cc3)cc2)c2ccc3c(c2)C(C)(C)c2ccccc2-3)cc1C. The molecule has 292 valence electrons. The highest BCUT2D eigenvalue weighted by molar-refractivity contribution is 6.10. The third kappa shape index (κ3) is 6.09. The van der Waals surface area contributed by atoms with E-state index < -0.39 is 0 Å². The van der Waals surface area contributed by atoms with Crippen LogP contribution in [0.5, 0.6) is 0 Å². The minimum Gasteiger partial charge on any atom is -0.310 e. The highest BCUT2D eigenvalue weighted by atomic mass is 15.1. The fourth-order valence-electron chi connectivity index (χ4n) is 9.91. The molecule has 0 bridgehead atoms. The van der Waals surface area contributed by atoms with E-state index in [2.05, 4.69) is 243 Å². The van der Waals surface area contributed by atoms with Gasteiger partial charge in [0.1, 0.15) is 0 Å². The van der Waals surface area contributed by atoms with Crippen LogP contribution in [0.25, 0.3) is 72.0 Å². The molecule has 1 aliphatic rings. The Balaban J connectivity index is 0.946. The molecule has 0 unspecified atom stereocenters. The maximum atomic E-state index is 2.42. The van der Waals surface area contributed by atoms with E-state index in [0.717, 1.165) is 17.1 Å². The molecule has 2 nitrogen and oxygen atoms in total. The Morgan fingerprint density at radius 2 is 0.885 bits per heavy atom. The lowest BCUT2D eigenvalue weighted by atomic mass is 9.82. The van der Waals surface area contributed by atoms with E-state index in [1.807, 2.05) is 0 Å². The first-order chi connectivity index (χ1) is 29.8. The molecule has 1 aliphatic carbocycles. The average molecular weight is 783 g/mol. The van der Waals surface area contributed by atoms with E-state index in [1.54, 1.807) is 0 Å². The molecule has 11 rings (SSSR count). The molecule has 0 radical (unpaired) electrons. The number of hydrogen-bond donors (Lipinski definition) is 0. The topological polar surface area (TPSA) is 8.17 Å². The van der Waals surface area contributed by atoms with Crippen molar-refractivity contribution in [3.05, 3.63) is 229 Å². The van der Waals surface area contributed by atoms with Crippen LogP contribution in [-0.2, 0) is 5.41 Å². The molecule has 0 atom stereocenters. The normalized spacial score (nSPS) is 12.7. The minimum atomic E-state index is -0.0962. The summed E-state index contributed by atoms with van der Waals surface area (Å²) in [6.45, 7) is 9.14. The van der Waals surface area contributed by atoms with Gasteiger partial charge in [0.05, 0.1) is 11.0 Å². The van der Waals surface area contributed by atoms with Gasteiger partial charge in [0.15, 0.2) is 0 Å². The number of anilines is 3. The standard InChI is InChI=1S/C59H46N2/c1-39-14-8-9-17-49(39)50-33-31-47(36-40(50)2)60(48-32-34-52-51-18-10-12-20-55(51)59(3,4)56(52)38-48)46-29-26-42(27-30-46)41-22-24-43(25-23-41)44-28-35-58-54(37-44)53-19-11-13-21-57(53)61(58)45-15-6-5-7-16-45/h5-38H,1-4H3. The van der Waals surface area contributed by atoms with Gasteiger partial charge >= 0.3 is 0 Å². The number of para-hydroxylation sites is 2. The van der Waals surface area contributed by atoms with Crippen LogP contribution in [0.2, 0.25) is 0 Å². The van der Waals surface area contributed by atoms with Crippen molar-refractivity contribution in [1.29, 1.82) is 0 Å². The van der Waals surface area contributed by atoms with E-state index in [-0.39, 0.29) is 5.41 Å². The Morgan fingerprint density at radius 1 is 0.361 bits per heavy atom. The molecule has 2 heteroatoms. The second-order valence-electron chi connectivity index (χ2n) is 17.1. The molecule has 1 aromatic heterocycles. The zero-order chi connectivity index (χ0) is 41.2. The van der Waals surface area contributed by atoms with Gasteiger partial charge in [-0.15, -0.1) is 0 Å². The highest BCUT2D eigenvalue weighted by Gasteiger charge is 2.35. The number of nitrogens with zero attached hydrogens (tertiary/aromatic N) is 2. The Labute approximate surface area is 358 Å². The van der Waals surface area contributed by atoms with E-state index in [0.29, 0.717) is 0 Å². The number of aromatic nitrogens is 1. The molecule has 0 spiro atoms. The number of benzene rings is 9. The number of aryl methyl sites for hydroxylation is 2. The van der Waals surface area contributed by atoms with Gasteiger partial charge in [-0.25, -0.2) is 0 Å². The summed E-state index contributed by atoms with van der Waals surface area (Å²) in [5.41, 5.74) is 22.2. The summed E-state index contributed by atoms with van der Waals surface area (Å²) in [4.78, 5) is 2.42. The van der Waals surface area contributed by atoms with Crippen molar-refractivity contribution in [2.45, 2.75) is 33.1 Å². The molecule has 1 heterocycles. The molecule has 0 N–H and O–H groups in total. The Hall–Kier alpha value is -7.42. The summed E-state index contributed by atoms with van der Waals surface area (Å²) < 4.78 is 2.37. The van der Waals surface area contributed by atoms with Gasteiger partial charge in [-0.1, -0.05) is 153 Å². The van der Waals surface area contributed by atoms with Gasteiger partial charge in [-0.2, -0.15) is 0 Å². The van der Waals surface area contributed by atoms with Crippen LogP contribution >= 0.6 is 0 Å². The van der Waals surface area contributed by atoms with E-state index >= 15 is 0 Å². The summed E-state index contributed by atoms with van der Waals surface area (Å²) in [7, 11) is 0. The lowest BCUT2D eigenvalue weighted by Gasteiger charge is -2.29. The highest BCUT2D eigenvalue weighted by Crippen LogP contribution is 2.51. The van der Waals surface area contributed by atoms with Crippen LogP contribution in [0.3, 0.4) is 0 Å². The van der Waals surface area contributed by atoms with Gasteiger partial charge in [0.25, 0.3) is 0 Å².